The van der Waals surface area contributed by atoms with Gasteiger partial charge in [-0.05, 0) is 49.2 Å². The van der Waals surface area contributed by atoms with Gasteiger partial charge in [-0.1, -0.05) is 71.7 Å². The lowest BCUT2D eigenvalue weighted by Gasteiger charge is -2.39. The molecule has 4 aromatic carbocycles. The summed E-state index contributed by atoms with van der Waals surface area (Å²) < 4.78 is 6.60. The van der Waals surface area contributed by atoms with Gasteiger partial charge in [0.05, 0.1) is 46.0 Å². The second kappa shape index (κ2) is 20.8. The van der Waals surface area contributed by atoms with E-state index in [1.54, 1.807) is 83.5 Å². The van der Waals surface area contributed by atoms with E-state index in [1.807, 2.05) is 54.3 Å². The molecule has 2 atom stereocenters. The van der Waals surface area contributed by atoms with Crippen molar-refractivity contribution in [2.24, 2.45) is 14.1 Å². The summed E-state index contributed by atoms with van der Waals surface area (Å²) in [6.45, 7) is 8.37. The molecule has 2 aliphatic rings. The molecule has 4 aromatic heterocycles. The van der Waals surface area contributed by atoms with Crippen LogP contribution in [0, 0.1) is 22.7 Å². The van der Waals surface area contributed by atoms with Crippen LogP contribution in [0.5, 0.6) is 0 Å². The number of fused-ring (bicyclic) bond motifs is 2. The van der Waals surface area contributed by atoms with Crippen LogP contribution in [0.4, 0.5) is 11.9 Å². The molecule has 72 heavy (non-hydrogen) atoms. The molecule has 0 saturated carbocycles. The molecule has 2 aliphatic heterocycles. The Balaban J connectivity index is 0.000000179. The first-order chi connectivity index (χ1) is 34.8. The van der Waals surface area contributed by atoms with E-state index in [4.69, 9.17) is 23.2 Å². The lowest BCUT2D eigenvalue weighted by atomic mass is 10.00. The van der Waals surface area contributed by atoms with Crippen molar-refractivity contribution in [1.29, 1.82) is 10.5 Å². The van der Waals surface area contributed by atoms with Crippen molar-refractivity contribution < 1.29 is 9.90 Å². The molecule has 2 N–H and O–H groups in total. The molecule has 0 unspecified atom stereocenters. The van der Waals surface area contributed by atoms with Crippen molar-refractivity contribution in [1.82, 2.24) is 48.9 Å². The van der Waals surface area contributed by atoms with Crippen LogP contribution in [0.1, 0.15) is 36.1 Å². The topological polar surface area (TPSA) is 212 Å². The third-order valence-electron chi connectivity index (χ3n) is 13.3. The van der Waals surface area contributed by atoms with Crippen molar-refractivity contribution in [3.63, 3.8) is 0 Å². The van der Waals surface area contributed by atoms with Crippen molar-refractivity contribution in [3.8, 4) is 34.4 Å². The highest BCUT2D eigenvalue weighted by molar-refractivity contribution is 6.31. The molecule has 20 heteroatoms. The van der Waals surface area contributed by atoms with Gasteiger partial charge >= 0.3 is 0 Å². The first-order valence-electron chi connectivity index (χ1n) is 23.3. The van der Waals surface area contributed by atoms with Gasteiger partial charge in [0.2, 0.25) is 17.8 Å². The summed E-state index contributed by atoms with van der Waals surface area (Å²) in [6, 6.07) is 26.8. The van der Waals surface area contributed by atoms with Gasteiger partial charge in [-0.3, -0.25) is 33.1 Å². The Hall–Kier alpha value is -7.87. The van der Waals surface area contributed by atoms with Crippen LogP contribution in [0.15, 0.2) is 107 Å². The Morgan fingerprint density at radius 3 is 1.56 bits per heavy atom. The highest BCUT2D eigenvalue weighted by atomic mass is 35.5. The molecule has 8 aromatic rings. The Morgan fingerprint density at radius 1 is 0.681 bits per heavy atom. The first kappa shape index (κ1) is 49.1. The molecule has 2 saturated heterocycles. The number of aliphatic hydroxyl groups is 1. The van der Waals surface area contributed by atoms with Gasteiger partial charge in [-0.2, -0.15) is 10.5 Å². The van der Waals surface area contributed by atoms with E-state index in [0.29, 0.717) is 110 Å². The monoisotopic (exact) mass is 1000 g/mol. The van der Waals surface area contributed by atoms with E-state index >= 15 is 0 Å². The van der Waals surface area contributed by atoms with E-state index in [0.717, 1.165) is 36.3 Å². The van der Waals surface area contributed by atoms with Crippen LogP contribution in [0.25, 0.3) is 44.1 Å². The largest absolute Gasteiger partial charge is 0.387 e. The van der Waals surface area contributed by atoms with Crippen LogP contribution in [0.3, 0.4) is 0 Å². The number of aliphatic hydroxyl groups excluding tert-OH is 1. The second-order valence-corrected chi connectivity index (χ2v) is 18.6. The number of nitriles is 2. The minimum absolute atomic E-state index is 0.0905. The Morgan fingerprint density at radius 2 is 1.14 bits per heavy atom. The van der Waals surface area contributed by atoms with Gasteiger partial charge in [-0.15, -0.1) is 0 Å². The predicted octanol–water partition coefficient (Wildman–Crippen LogP) is 5.57. The number of anilines is 2. The number of nitrogens with zero attached hydrogens (tertiary/aromatic N) is 13. The lowest BCUT2D eigenvalue weighted by Crippen LogP contribution is -2.55. The summed E-state index contributed by atoms with van der Waals surface area (Å²) in [4.78, 5) is 61.9. The quantitative estimate of drug-likeness (QED) is 0.181. The maximum Gasteiger partial charge on any atom is 0.274 e. The van der Waals surface area contributed by atoms with Crippen molar-refractivity contribution in [2.45, 2.75) is 39.0 Å². The van der Waals surface area contributed by atoms with Crippen LogP contribution in [0.2, 0.25) is 10.0 Å². The number of nitrogens with one attached hydrogen (secondary N) is 1. The minimum Gasteiger partial charge on any atom is -0.387 e. The third-order valence-corrected chi connectivity index (χ3v) is 14.1. The van der Waals surface area contributed by atoms with E-state index in [9.17, 15) is 30.0 Å². The molecule has 2 fully saturated rings. The molecule has 0 radical (unpaired) electrons. The number of hydrogen-bond acceptors (Lipinski definition) is 13. The zero-order valence-electron chi connectivity index (χ0n) is 40.0. The number of carbonyl (C=O) groups excluding carboxylic acids is 1. The van der Waals surface area contributed by atoms with E-state index in [1.165, 1.54) is 9.36 Å². The van der Waals surface area contributed by atoms with Gasteiger partial charge in [-0.25, -0.2) is 19.9 Å². The molecule has 366 valence electrons. The molecule has 0 aliphatic carbocycles. The number of halogens is 2. The number of aromatic nitrogens is 8. The second-order valence-electron chi connectivity index (χ2n) is 17.8. The van der Waals surface area contributed by atoms with Gasteiger partial charge < -0.3 is 25.1 Å². The molecule has 0 bridgehead atoms. The first-order valence-corrected chi connectivity index (χ1v) is 24.1. The SMILES string of the molecule is C[C@@H]1CN(c2ncc(-c3ccc4c(=O)n(C)n(Cc5ccccc5Cl)c4c3C#N)cn2)CCN1.C[C@@H]1CN(c2ncc(-c3ccc4c(=O)n(C)n(Cc5ccccc5Cl)c4c3C#N)cn2)CCN1C(=O)CO. The molecule has 18 nitrogen and oxygen atoms in total. The average molecular weight is 1010 g/mol. The standard InChI is InChI=1S/C27H26ClN7O3.C25H24ClN7O/c1-17-14-33(9-10-34(17)24(37)16-36)27-30-12-19(13-31-27)20-7-8-21-25(22(20)11-29)35(32(2)26(21)38)15-18-5-3-4-6-23(18)28;1-16-14-32(10-9-28-16)25-29-12-18(13-30-25)19-7-8-20-23(21(19)11-27)33(31(2)24(20)34)15-17-5-3-4-6-22(17)26/h3-8,12-13,17,36H,9-10,14-16H2,1-2H3;3-8,12-13,16,28H,9-10,14-15H2,1-2H3/t17-;16-/m11/s1. The number of amides is 1. The molecule has 6 heterocycles. The molecule has 0 spiro atoms. The number of carbonyl (C=O) groups is 1. The van der Waals surface area contributed by atoms with E-state index in [2.05, 4.69) is 49.2 Å². The zero-order valence-corrected chi connectivity index (χ0v) is 41.5. The fourth-order valence-electron chi connectivity index (χ4n) is 9.55. The van der Waals surface area contributed by atoms with E-state index in [-0.39, 0.29) is 23.1 Å². The van der Waals surface area contributed by atoms with Crippen molar-refractivity contribution in [2.75, 3.05) is 55.7 Å². The molecule has 1 amide bonds. The Labute approximate surface area is 424 Å². The van der Waals surface area contributed by atoms with Crippen molar-refractivity contribution in [3.05, 3.63) is 151 Å². The Kier molecular flexibility index (Phi) is 14.2. The normalized spacial score (nSPS) is 15.8. The van der Waals surface area contributed by atoms with Gasteiger partial charge in [0, 0.05) is 123 Å². The van der Waals surface area contributed by atoms with Gasteiger partial charge in [0.1, 0.15) is 18.7 Å². The number of hydrogen-bond donors (Lipinski definition) is 2. The number of piperazine rings is 2. The fraction of sp³-hybridized carbons (Fsp3) is 0.288. The minimum atomic E-state index is -0.505. The van der Waals surface area contributed by atoms with Gasteiger partial charge in [0.25, 0.3) is 11.1 Å². The summed E-state index contributed by atoms with van der Waals surface area (Å²) in [5.41, 5.74) is 5.89. The number of rotatable bonds is 9. The summed E-state index contributed by atoms with van der Waals surface area (Å²) in [6.07, 6.45) is 6.83. The highest BCUT2D eigenvalue weighted by Crippen LogP contribution is 2.32. The van der Waals surface area contributed by atoms with Crippen LogP contribution in [-0.2, 0) is 32.0 Å². The summed E-state index contributed by atoms with van der Waals surface area (Å²) in [7, 11) is 3.37. The zero-order chi connectivity index (χ0) is 50.8. The number of benzene rings is 4. The van der Waals surface area contributed by atoms with Crippen LogP contribution in [-0.4, -0.2) is 113 Å². The average Bonchev–Trinajstić information content (AvgIpc) is 3.79. The fourth-order valence-corrected chi connectivity index (χ4v) is 9.94. The molecular weight excluding hydrogens is 956 g/mol. The third kappa shape index (κ3) is 9.40. The molecule has 10 rings (SSSR count). The van der Waals surface area contributed by atoms with E-state index < -0.39 is 6.61 Å². The van der Waals surface area contributed by atoms with Gasteiger partial charge in [0.15, 0.2) is 0 Å². The molecular formula is C52H50Cl2N14O4. The van der Waals surface area contributed by atoms with Crippen LogP contribution >= 0.6 is 23.2 Å². The highest BCUT2D eigenvalue weighted by Gasteiger charge is 2.29. The maximum absolute atomic E-state index is 13.0. The summed E-state index contributed by atoms with van der Waals surface area (Å²) in [5, 5.41) is 35.1. The Bertz CT molecular complexity index is 3550. The summed E-state index contributed by atoms with van der Waals surface area (Å²) >= 11 is 12.8. The predicted molar refractivity (Wildman–Crippen MR) is 277 cm³/mol. The van der Waals surface area contributed by atoms with Crippen molar-refractivity contribution >= 4 is 62.8 Å². The van der Waals surface area contributed by atoms with Crippen LogP contribution < -0.4 is 26.2 Å². The smallest absolute Gasteiger partial charge is 0.274 e. The maximum atomic E-state index is 13.0. The lowest BCUT2D eigenvalue weighted by molar-refractivity contribution is -0.136. The summed E-state index contributed by atoms with van der Waals surface area (Å²) in [5.74, 6) is 0.903.